The van der Waals surface area contributed by atoms with E-state index in [1.165, 1.54) is 11.3 Å². The Balaban J connectivity index is 2.37. The van der Waals surface area contributed by atoms with E-state index < -0.39 is 9.70 Å². The molecular formula is C9H3Cl5N2OS. The Morgan fingerprint density at radius 1 is 1.28 bits per heavy atom. The SMILES string of the molecule is O=C(Nc1nc2c(Cl)c(Cl)ccc2s1)C(Cl)(Cl)Cl. The molecule has 1 aromatic carbocycles. The predicted molar refractivity (Wildman–Crippen MR) is 78.6 cm³/mol. The Labute approximate surface area is 131 Å². The number of carbonyl (C=O) groups is 1. The molecule has 3 nitrogen and oxygen atoms in total. The quantitative estimate of drug-likeness (QED) is 0.731. The van der Waals surface area contributed by atoms with Crippen molar-refractivity contribution in [2.75, 3.05) is 5.32 Å². The lowest BCUT2D eigenvalue weighted by Gasteiger charge is -2.08. The molecule has 0 fully saturated rings. The molecule has 1 amide bonds. The highest BCUT2D eigenvalue weighted by atomic mass is 35.6. The fourth-order valence-corrected chi connectivity index (χ4v) is 2.59. The molecule has 0 atom stereocenters. The molecule has 0 aliphatic rings. The summed E-state index contributed by atoms with van der Waals surface area (Å²) < 4.78 is -1.27. The van der Waals surface area contributed by atoms with Gasteiger partial charge in [0.05, 0.1) is 14.7 Å². The van der Waals surface area contributed by atoms with Crippen LogP contribution < -0.4 is 5.32 Å². The first-order chi connectivity index (χ1) is 8.29. The van der Waals surface area contributed by atoms with Crippen molar-refractivity contribution in [1.82, 2.24) is 4.98 Å². The van der Waals surface area contributed by atoms with Crippen LogP contribution in [0.4, 0.5) is 5.13 Å². The molecule has 0 aliphatic heterocycles. The Kier molecular flexibility index (Phi) is 4.17. The summed E-state index contributed by atoms with van der Waals surface area (Å²) in [5, 5.41) is 3.37. The van der Waals surface area contributed by atoms with E-state index in [9.17, 15) is 4.79 Å². The van der Waals surface area contributed by atoms with Gasteiger partial charge in [0.2, 0.25) is 0 Å². The summed E-state index contributed by atoms with van der Waals surface area (Å²) in [5.74, 6) is -0.784. The van der Waals surface area contributed by atoms with Gasteiger partial charge in [-0.2, -0.15) is 0 Å². The van der Waals surface area contributed by atoms with Crippen molar-refractivity contribution >= 4 is 90.6 Å². The first kappa shape index (κ1) is 14.4. The van der Waals surface area contributed by atoms with Crippen molar-refractivity contribution in [2.45, 2.75) is 3.79 Å². The van der Waals surface area contributed by atoms with Crippen LogP contribution in [0.25, 0.3) is 10.2 Å². The summed E-state index contributed by atoms with van der Waals surface area (Å²) in [6.07, 6.45) is 0. The number of nitrogens with zero attached hydrogens (tertiary/aromatic N) is 1. The highest BCUT2D eigenvalue weighted by molar-refractivity contribution is 7.22. The van der Waals surface area contributed by atoms with Crippen molar-refractivity contribution in [3.05, 3.63) is 22.2 Å². The number of benzene rings is 1. The smallest absolute Gasteiger partial charge is 0.278 e. The fourth-order valence-electron chi connectivity index (χ4n) is 1.16. The summed E-state index contributed by atoms with van der Waals surface area (Å²) in [4.78, 5) is 15.6. The number of fused-ring (bicyclic) bond motifs is 1. The number of carbonyl (C=O) groups excluding carboxylic acids is 1. The third kappa shape index (κ3) is 2.95. The van der Waals surface area contributed by atoms with Crippen LogP contribution in [0.2, 0.25) is 10.0 Å². The molecule has 18 heavy (non-hydrogen) atoms. The minimum Gasteiger partial charge on any atom is -0.298 e. The Hall–Kier alpha value is 0.0300. The average molecular weight is 364 g/mol. The van der Waals surface area contributed by atoms with Gasteiger partial charge in [0, 0.05) is 0 Å². The number of hydrogen-bond donors (Lipinski definition) is 1. The first-order valence-corrected chi connectivity index (χ1v) is 7.12. The molecule has 0 spiro atoms. The van der Waals surface area contributed by atoms with Crippen LogP contribution >= 0.6 is 69.3 Å². The molecule has 9 heteroatoms. The summed E-state index contributed by atoms with van der Waals surface area (Å²) in [6, 6.07) is 3.39. The number of alkyl halides is 3. The van der Waals surface area contributed by atoms with Gasteiger partial charge in [0.25, 0.3) is 9.70 Å². The van der Waals surface area contributed by atoms with Crippen molar-refractivity contribution < 1.29 is 4.79 Å². The molecule has 0 saturated heterocycles. The zero-order valence-electron chi connectivity index (χ0n) is 8.31. The number of rotatable bonds is 1. The van der Waals surface area contributed by atoms with Gasteiger partial charge in [0.1, 0.15) is 5.52 Å². The standard InChI is InChI=1S/C9H3Cl5N2OS/c10-3-1-2-4-6(5(3)11)15-8(18-4)16-7(17)9(12,13)14/h1-2H,(H,15,16,17). The van der Waals surface area contributed by atoms with Crippen molar-refractivity contribution in [2.24, 2.45) is 0 Å². The van der Waals surface area contributed by atoms with Crippen LogP contribution in [0.3, 0.4) is 0 Å². The minimum atomic E-state index is -2.04. The molecule has 0 unspecified atom stereocenters. The Morgan fingerprint density at radius 3 is 2.56 bits per heavy atom. The molecule has 1 N–H and O–H groups in total. The van der Waals surface area contributed by atoms with E-state index in [0.717, 1.165) is 4.70 Å². The van der Waals surface area contributed by atoms with Crippen LogP contribution in [-0.2, 0) is 4.79 Å². The highest BCUT2D eigenvalue weighted by Crippen LogP contribution is 2.36. The molecule has 96 valence electrons. The largest absolute Gasteiger partial charge is 0.298 e. The molecule has 1 aromatic heterocycles. The molecule has 1 heterocycles. The lowest BCUT2D eigenvalue weighted by Crippen LogP contribution is -2.26. The Morgan fingerprint density at radius 2 is 1.94 bits per heavy atom. The number of halogens is 5. The van der Waals surface area contributed by atoms with Crippen LogP contribution in [0, 0.1) is 0 Å². The normalized spacial score (nSPS) is 11.8. The number of anilines is 1. The summed E-state index contributed by atoms with van der Waals surface area (Å²) in [5.41, 5.74) is 0.494. The molecule has 0 bridgehead atoms. The molecule has 2 aromatic rings. The molecular weight excluding hydrogens is 361 g/mol. The lowest BCUT2D eigenvalue weighted by molar-refractivity contribution is -0.115. The van der Waals surface area contributed by atoms with E-state index in [1.54, 1.807) is 12.1 Å². The van der Waals surface area contributed by atoms with E-state index >= 15 is 0 Å². The number of hydrogen-bond acceptors (Lipinski definition) is 3. The molecule has 2 rings (SSSR count). The zero-order chi connectivity index (χ0) is 13.5. The van der Waals surface area contributed by atoms with Crippen LogP contribution in [-0.4, -0.2) is 14.7 Å². The average Bonchev–Trinajstić information content (AvgIpc) is 2.66. The second kappa shape index (κ2) is 5.19. The first-order valence-electron chi connectivity index (χ1n) is 4.42. The van der Waals surface area contributed by atoms with Gasteiger partial charge in [-0.1, -0.05) is 69.3 Å². The van der Waals surface area contributed by atoms with Gasteiger partial charge in [0.15, 0.2) is 5.13 Å². The van der Waals surface area contributed by atoms with Crippen molar-refractivity contribution in [3.8, 4) is 0 Å². The molecule has 0 saturated carbocycles. The lowest BCUT2D eigenvalue weighted by atomic mass is 10.3. The summed E-state index contributed by atoms with van der Waals surface area (Å²) in [7, 11) is 0. The fraction of sp³-hybridized carbons (Fsp3) is 0.111. The predicted octanol–water partition coefficient (Wildman–Crippen LogP) is 4.91. The van der Waals surface area contributed by atoms with Gasteiger partial charge < -0.3 is 0 Å². The van der Waals surface area contributed by atoms with Crippen LogP contribution in [0.1, 0.15) is 0 Å². The molecule has 0 radical (unpaired) electrons. The van der Waals surface area contributed by atoms with E-state index in [0.29, 0.717) is 15.6 Å². The zero-order valence-corrected chi connectivity index (χ0v) is 12.9. The van der Waals surface area contributed by atoms with Gasteiger partial charge in [-0.15, -0.1) is 0 Å². The number of thiazole rings is 1. The van der Waals surface area contributed by atoms with Gasteiger partial charge in [-0.05, 0) is 12.1 Å². The monoisotopic (exact) mass is 362 g/mol. The van der Waals surface area contributed by atoms with Gasteiger partial charge in [-0.25, -0.2) is 4.98 Å². The van der Waals surface area contributed by atoms with Crippen molar-refractivity contribution in [3.63, 3.8) is 0 Å². The number of nitrogens with one attached hydrogen (secondary N) is 1. The van der Waals surface area contributed by atoms with Crippen LogP contribution in [0.5, 0.6) is 0 Å². The van der Waals surface area contributed by atoms with E-state index in [1.807, 2.05) is 0 Å². The third-order valence-electron chi connectivity index (χ3n) is 1.93. The maximum atomic E-state index is 11.5. The summed E-state index contributed by atoms with van der Waals surface area (Å²) in [6.45, 7) is 0. The highest BCUT2D eigenvalue weighted by Gasteiger charge is 2.31. The Bertz CT molecular complexity index is 621. The maximum absolute atomic E-state index is 11.5. The topological polar surface area (TPSA) is 42.0 Å². The van der Waals surface area contributed by atoms with E-state index in [2.05, 4.69) is 10.3 Å². The summed E-state index contributed by atoms with van der Waals surface area (Å²) >= 11 is 29.4. The second-order valence-corrected chi connectivity index (χ2v) is 7.28. The van der Waals surface area contributed by atoms with E-state index in [4.69, 9.17) is 58.0 Å². The maximum Gasteiger partial charge on any atom is 0.278 e. The van der Waals surface area contributed by atoms with Crippen LogP contribution in [0.15, 0.2) is 12.1 Å². The van der Waals surface area contributed by atoms with Crippen molar-refractivity contribution in [1.29, 1.82) is 0 Å². The van der Waals surface area contributed by atoms with E-state index in [-0.39, 0.29) is 5.13 Å². The third-order valence-corrected chi connectivity index (χ3v) is 4.18. The van der Waals surface area contributed by atoms with Gasteiger partial charge >= 0.3 is 0 Å². The van der Waals surface area contributed by atoms with Gasteiger partial charge in [-0.3, -0.25) is 10.1 Å². The number of aromatic nitrogens is 1. The minimum absolute atomic E-state index is 0.283. The second-order valence-electron chi connectivity index (χ2n) is 3.18. The molecule has 0 aliphatic carbocycles. The number of amides is 1.